The maximum absolute atomic E-state index is 11.3. The number of rotatable bonds is 4. The first-order chi connectivity index (χ1) is 7.99. The van der Waals surface area contributed by atoms with Gasteiger partial charge in [-0.25, -0.2) is 9.59 Å². The van der Waals surface area contributed by atoms with Gasteiger partial charge in [0.2, 0.25) is 0 Å². The highest BCUT2D eigenvalue weighted by molar-refractivity contribution is 5.89. The molecule has 0 saturated carbocycles. The summed E-state index contributed by atoms with van der Waals surface area (Å²) >= 11 is 0. The topological polar surface area (TPSA) is 98.7 Å². The van der Waals surface area contributed by atoms with Gasteiger partial charge in [-0.1, -0.05) is 12.1 Å². The lowest BCUT2D eigenvalue weighted by Gasteiger charge is -2.09. The minimum absolute atomic E-state index is 0.340. The maximum atomic E-state index is 11.3. The Morgan fingerprint density at radius 2 is 2.12 bits per heavy atom. The molecule has 17 heavy (non-hydrogen) atoms. The van der Waals surface area contributed by atoms with Gasteiger partial charge in [0.15, 0.2) is 6.10 Å². The summed E-state index contributed by atoms with van der Waals surface area (Å²) in [5.74, 6) is -1.37. The van der Waals surface area contributed by atoms with Crippen molar-refractivity contribution in [1.29, 1.82) is 0 Å². The maximum Gasteiger partial charge on any atom is 0.334 e. The van der Waals surface area contributed by atoms with Gasteiger partial charge in [-0.05, 0) is 24.6 Å². The molecule has 0 radical (unpaired) electrons. The molecule has 0 fully saturated rings. The summed E-state index contributed by atoms with van der Waals surface area (Å²) in [4.78, 5) is 21.6. The molecule has 0 spiro atoms. The number of nitrogens with one attached hydrogen (secondary N) is 2. The second kappa shape index (κ2) is 5.86. The summed E-state index contributed by atoms with van der Waals surface area (Å²) < 4.78 is 0. The average molecular weight is 238 g/mol. The summed E-state index contributed by atoms with van der Waals surface area (Å²) in [5.41, 5.74) is 1.60. The SMILES string of the molecule is Cc1cccc(NC(=O)NCC(O)C(=O)O)c1. The molecule has 1 rings (SSSR count). The molecule has 0 aliphatic rings. The van der Waals surface area contributed by atoms with Crippen molar-refractivity contribution in [3.8, 4) is 0 Å². The highest BCUT2D eigenvalue weighted by Crippen LogP contribution is 2.08. The lowest BCUT2D eigenvalue weighted by atomic mass is 10.2. The molecular formula is C11H14N2O4. The van der Waals surface area contributed by atoms with Crippen LogP contribution in [-0.2, 0) is 4.79 Å². The van der Waals surface area contributed by atoms with Crippen molar-refractivity contribution in [1.82, 2.24) is 5.32 Å². The number of aryl methyl sites for hydroxylation is 1. The quantitative estimate of drug-likeness (QED) is 0.616. The van der Waals surface area contributed by atoms with Gasteiger partial charge in [-0.3, -0.25) is 0 Å². The van der Waals surface area contributed by atoms with Crippen LogP contribution in [-0.4, -0.2) is 34.9 Å². The molecule has 0 heterocycles. The number of aliphatic carboxylic acids is 1. The number of urea groups is 1. The highest BCUT2D eigenvalue weighted by Gasteiger charge is 2.13. The van der Waals surface area contributed by atoms with Crippen LogP contribution in [0.2, 0.25) is 0 Å². The van der Waals surface area contributed by atoms with E-state index in [1.54, 1.807) is 18.2 Å². The molecular weight excluding hydrogens is 224 g/mol. The van der Waals surface area contributed by atoms with Crippen molar-refractivity contribution >= 4 is 17.7 Å². The van der Waals surface area contributed by atoms with E-state index in [-0.39, 0.29) is 6.54 Å². The fourth-order valence-electron chi connectivity index (χ4n) is 1.17. The van der Waals surface area contributed by atoms with E-state index in [4.69, 9.17) is 10.2 Å². The van der Waals surface area contributed by atoms with Crippen molar-refractivity contribution < 1.29 is 19.8 Å². The van der Waals surface area contributed by atoms with Gasteiger partial charge in [-0.15, -0.1) is 0 Å². The molecule has 4 N–H and O–H groups in total. The van der Waals surface area contributed by atoms with Crippen LogP contribution in [0, 0.1) is 6.92 Å². The van der Waals surface area contributed by atoms with E-state index < -0.39 is 18.1 Å². The van der Waals surface area contributed by atoms with Crippen molar-refractivity contribution in [2.24, 2.45) is 0 Å². The number of aliphatic hydroxyl groups excluding tert-OH is 1. The van der Waals surface area contributed by atoms with Crippen LogP contribution < -0.4 is 10.6 Å². The summed E-state index contributed by atoms with van der Waals surface area (Å²) in [5, 5.41) is 22.1. The van der Waals surface area contributed by atoms with E-state index in [9.17, 15) is 9.59 Å². The lowest BCUT2D eigenvalue weighted by molar-refractivity contribution is -0.146. The first-order valence-electron chi connectivity index (χ1n) is 5.01. The van der Waals surface area contributed by atoms with E-state index >= 15 is 0 Å². The van der Waals surface area contributed by atoms with Crippen molar-refractivity contribution in [2.75, 3.05) is 11.9 Å². The van der Waals surface area contributed by atoms with Crippen molar-refractivity contribution in [3.63, 3.8) is 0 Å². The Labute approximate surface area is 98.3 Å². The van der Waals surface area contributed by atoms with Crippen LogP contribution >= 0.6 is 0 Å². The zero-order valence-electron chi connectivity index (χ0n) is 9.30. The molecule has 6 heteroatoms. The van der Waals surface area contributed by atoms with E-state index in [1.807, 2.05) is 13.0 Å². The summed E-state index contributed by atoms with van der Waals surface area (Å²) in [7, 11) is 0. The molecule has 0 bridgehead atoms. The average Bonchev–Trinajstić information content (AvgIpc) is 2.25. The van der Waals surface area contributed by atoms with E-state index in [0.717, 1.165) is 5.56 Å². The van der Waals surface area contributed by atoms with Gasteiger partial charge >= 0.3 is 12.0 Å². The molecule has 1 aromatic carbocycles. The number of anilines is 1. The Hall–Kier alpha value is -2.08. The van der Waals surface area contributed by atoms with Crippen LogP contribution in [0.1, 0.15) is 5.56 Å². The van der Waals surface area contributed by atoms with E-state index in [2.05, 4.69) is 10.6 Å². The Kier molecular flexibility index (Phi) is 4.47. The molecule has 6 nitrogen and oxygen atoms in total. The Morgan fingerprint density at radius 3 is 2.71 bits per heavy atom. The zero-order chi connectivity index (χ0) is 12.8. The number of carbonyl (C=O) groups is 2. The zero-order valence-corrected chi connectivity index (χ0v) is 9.30. The van der Waals surface area contributed by atoms with Crippen LogP contribution in [0.25, 0.3) is 0 Å². The van der Waals surface area contributed by atoms with Crippen molar-refractivity contribution in [2.45, 2.75) is 13.0 Å². The van der Waals surface area contributed by atoms with E-state index in [1.165, 1.54) is 0 Å². The van der Waals surface area contributed by atoms with Crippen LogP contribution in [0.3, 0.4) is 0 Å². The number of amides is 2. The predicted octanol–water partition coefficient (Wildman–Crippen LogP) is 0.562. The number of hydrogen-bond donors (Lipinski definition) is 4. The number of carboxylic acids is 1. The van der Waals surface area contributed by atoms with Gasteiger partial charge in [0.1, 0.15) is 0 Å². The monoisotopic (exact) mass is 238 g/mol. The smallest absolute Gasteiger partial charge is 0.334 e. The van der Waals surface area contributed by atoms with Crippen LogP contribution in [0.4, 0.5) is 10.5 Å². The first-order valence-corrected chi connectivity index (χ1v) is 5.01. The van der Waals surface area contributed by atoms with Gasteiger partial charge in [0, 0.05) is 5.69 Å². The van der Waals surface area contributed by atoms with Gasteiger partial charge in [0.25, 0.3) is 0 Å². The van der Waals surface area contributed by atoms with Gasteiger partial charge in [0.05, 0.1) is 6.54 Å². The lowest BCUT2D eigenvalue weighted by Crippen LogP contribution is -2.38. The minimum Gasteiger partial charge on any atom is -0.479 e. The predicted molar refractivity (Wildman–Crippen MR) is 61.8 cm³/mol. The summed E-state index contributed by atoms with van der Waals surface area (Å²) in [6, 6.07) is 6.60. The molecule has 0 aliphatic carbocycles. The largest absolute Gasteiger partial charge is 0.479 e. The number of carboxylic acid groups (broad SMARTS) is 1. The second-order valence-electron chi connectivity index (χ2n) is 3.56. The fourth-order valence-corrected chi connectivity index (χ4v) is 1.17. The number of aliphatic hydroxyl groups is 1. The van der Waals surface area contributed by atoms with Gasteiger partial charge < -0.3 is 20.8 Å². The molecule has 1 unspecified atom stereocenters. The van der Waals surface area contributed by atoms with Crippen LogP contribution in [0.5, 0.6) is 0 Å². The minimum atomic E-state index is -1.60. The Morgan fingerprint density at radius 1 is 1.41 bits per heavy atom. The molecule has 0 aromatic heterocycles. The third-order valence-electron chi connectivity index (χ3n) is 2.02. The van der Waals surface area contributed by atoms with Crippen molar-refractivity contribution in [3.05, 3.63) is 29.8 Å². The fraction of sp³-hybridized carbons (Fsp3) is 0.273. The number of carbonyl (C=O) groups excluding carboxylic acids is 1. The molecule has 1 aromatic rings. The molecule has 92 valence electrons. The highest BCUT2D eigenvalue weighted by atomic mass is 16.4. The Bertz CT molecular complexity index is 420. The molecule has 0 aliphatic heterocycles. The summed E-state index contributed by atoms with van der Waals surface area (Å²) in [6.07, 6.45) is -1.60. The van der Waals surface area contributed by atoms with E-state index in [0.29, 0.717) is 5.69 Å². The number of hydrogen-bond acceptors (Lipinski definition) is 3. The third kappa shape index (κ3) is 4.52. The molecule has 2 amide bonds. The summed E-state index contributed by atoms with van der Waals surface area (Å²) in [6.45, 7) is 1.55. The third-order valence-corrected chi connectivity index (χ3v) is 2.02. The van der Waals surface area contributed by atoms with Crippen LogP contribution in [0.15, 0.2) is 24.3 Å². The van der Waals surface area contributed by atoms with Gasteiger partial charge in [-0.2, -0.15) is 0 Å². The normalized spacial score (nSPS) is 11.6. The first kappa shape index (κ1) is 13.0. The molecule has 0 saturated heterocycles. The second-order valence-corrected chi connectivity index (χ2v) is 3.56. The Balaban J connectivity index is 2.42. The molecule has 1 atom stereocenters. The number of benzene rings is 1. The standard InChI is InChI=1S/C11H14N2O4/c1-7-3-2-4-8(5-7)13-11(17)12-6-9(14)10(15)16/h2-5,9,14H,6H2,1H3,(H,15,16)(H2,12,13,17).